The van der Waals surface area contributed by atoms with E-state index in [9.17, 15) is 4.79 Å². The minimum absolute atomic E-state index is 0.0256. The molecule has 0 aliphatic rings. The Morgan fingerprint density at radius 3 is 2.86 bits per heavy atom. The number of amides is 1. The molecule has 0 spiro atoms. The molecule has 0 bridgehead atoms. The van der Waals surface area contributed by atoms with Crippen LogP contribution in [0.15, 0.2) is 53.3 Å². The molecule has 3 rings (SSSR count). The molecule has 0 fully saturated rings. The number of hydrogen-bond donors (Lipinski definition) is 1. The highest BCUT2D eigenvalue weighted by Gasteiger charge is 2.13. The molecule has 0 radical (unpaired) electrons. The van der Waals surface area contributed by atoms with Crippen molar-refractivity contribution >= 4 is 5.91 Å². The van der Waals surface area contributed by atoms with Gasteiger partial charge in [-0.1, -0.05) is 12.1 Å². The molecular formula is C21H23N3O4. The van der Waals surface area contributed by atoms with Crippen molar-refractivity contribution in [3.05, 3.63) is 60.1 Å². The Kier molecular flexibility index (Phi) is 6.26. The van der Waals surface area contributed by atoms with Crippen LogP contribution in [-0.4, -0.2) is 28.6 Å². The highest BCUT2D eigenvalue weighted by Crippen LogP contribution is 2.22. The third-order valence-corrected chi connectivity index (χ3v) is 3.75. The van der Waals surface area contributed by atoms with Crippen LogP contribution in [0.4, 0.5) is 0 Å². The summed E-state index contributed by atoms with van der Waals surface area (Å²) in [5.74, 6) is 1.27. The lowest BCUT2D eigenvalue weighted by Gasteiger charge is -2.09. The predicted octanol–water partition coefficient (Wildman–Crippen LogP) is 3.85. The second-order valence-electron chi connectivity index (χ2n) is 6.31. The molecule has 0 aliphatic carbocycles. The molecule has 0 atom stereocenters. The summed E-state index contributed by atoms with van der Waals surface area (Å²) < 4.78 is 16.6. The van der Waals surface area contributed by atoms with Crippen molar-refractivity contribution in [3.8, 4) is 23.1 Å². The standard InChI is InChI=1S/C21H23N3O4/c1-4-26-18-8-6-5-7-17(18)20(25)23-12-16-13-27-21(24-16)15-9-10-22-19(11-15)28-14(2)3/h5-11,13-14H,4,12H2,1-3H3,(H,23,25). The van der Waals surface area contributed by atoms with Crippen molar-refractivity contribution in [2.75, 3.05) is 6.61 Å². The number of rotatable bonds is 8. The van der Waals surface area contributed by atoms with E-state index in [1.165, 1.54) is 6.26 Å². The Morgan fingerprint density at radius 2 is 2.07 bits per heavy atom. The molecule has 0 saturated carbocycles. The predicted molar refractivity (Wildman–Crippen MR) is 104 cm³/mol. The van der Waals surface area contributed by atoms with E-state index in [0.717, 1.165) is 5.56 Å². The van der Waals surface area contributed by atoms with Gasteiger partial charge in [-0.25, -0.2) is 9.97 Å². The normalized spacial score (nSPS) is 10.7. The Hall–Kier alpha value is -3.35. The lowest BCUT2D eigenvalue weighted by Crippen LogP contribution is -2.23. The Bertz CT molecular complexity index is 937. The number of para-hydroxylation sites is 1. The number of pyridine rings is 1. The van der Waals surface area contributed by atoms with Crippen LogP contribution < -0.4 is 14.8 Å². The van der Waals surface area contributed by atoms with Crippen LogP contribution in [0.3, 0.4) is 0 Å². The zero-order valence-corrected chi connectivity index (χ0v) is 16.1. The molecule has 28 heavy (non-hydrogen) atoms. The second kappa shape index (κ2) is 9.03. The van der Waals surface area contributed by atoms with Crippen LogP contribution in [0, 0.1) is 0 Å². The minimum atomic E-state index is -0.231. The van der Waals surface area contributed by atoms with Gasteiger partial charge < -0.3 is 19.2 Å². The number of carbonyl (C=O) groups excluding carboxylic acids is 1. The Labute approximate surface area is 163 Å². The van der Waals surface area contributed by atoms with E-state index in [1.807, 2.05) is 26.8 Å². The highest BCUT2D eigenvalue weighted by atomic mass is 16.5. The molecule has 2 aromatic heterocycles. The maximum atomic E-state index is 12.5. The van der Waals surface area contributed by atoms with Crippen molar-refractivity contribution in [2.24, 2.45) is 0 Å². The smallest absolute Gasteiger partial charge is 0.255 e. The van der Waals surface area contributed by atoms with Gasteiger partial charge in [-0.05, 0) is 39.0 Å². The number of hydrogen-bond acceptors (Lipinski definition) is 6. The quantitative estimate of drug-likeness (QED) is 0.638. The fourth-order valence-corrected chi connectivity index (χ4v) is 2.57. The van der Waals surface area contributed by atoms with Gasteiger partial charge in [0.15, 0.2) is 0 Å². The number of aromatic nitrogens is 2. The fraction of sp³-hybridized carbons (Fsp3) is 0.286. The van der Waals surface area contributed by atoms with E-state index < -0.39 is 0 Å². The van der Waals surface area contributed by atoms with E-state index in [-0.39, 0.29) is 18.6 Å². The molecule has 2 heterocycles. The van der Waals surface area contributed by atoms with Gasteiger partial charge in [0.25, 0.3) is 5.91 Å². The summed E-state index contributed by atoms with van der Waals surface area (Å²) in [6.45, 7) is 6.48. The largest absolute Gasteiger partial charge is 0.493 e. The van der Waals surface area contributed by atoms with E-state index in [1.54, 1.807) is 36.5 Å². The minimum Gasteiger partial charge on any atom is -0.493 e. The van der Waals surface area contributed by atoms with Gasteiger partial charge in [-0.15, -0.1) is 0 Å². The number of carbonyl (C=O) groups is 1. The molecule has 3 aromatic rings. The highest BCUT2D eigenvalue weighted by molar-refractivity contribution is 5.96. The molecule has 7 nitrogen and oxygen atoms in total. The van der Waals surface area contributed by atoms with Crippen LogP contribution >= 0.6 is 0 Å². The van der Waals surface area contributed by atoms with Crippen LogP contribution in [-0.2, 0) is 6.54 Å². The lowest BCUT2D eigenvalue weighted by molar-refractivity contribution is 0.0946. The van der Waals surface area contributed by atoms with Crippen LogP contribution in [0.5, 0.6) is 11.6 Å². The SMILES string of the molecule is CCOc1ccccc1C(=O)NCc1coc(-c2ccnc(OC(C)C)c2)n1. The van der Waals surface area contributed by atoms with Gasteiger partial charge in [0.1, 0.15) is 12.0 Å². The average Bonchev–Trinajstić information content (AvgIpc) is 3.16. The molecule has 146 valence electrons. The summed E-state index contributed by atoms with van der Waals surface area (Å²) >= 11 is 0. The van der Waals surface area contributed by atoms with E-state index >= 15 is 0 Å². The van der Waals surface area contributed by atoms with Crippen molar-refractivity contribution in [1.29, 1.82) is 0 Å². The summed E-state index contributed by atoms with van der Waals surface area (Å²) in [4.78, 5) is 21.1. The maximum absolute atomic E-state index is 12.5. The average molecular weight is 381 g/mol. The van der Waals surface area contributed by atoms with Crippen LogP contribution in [0.2, 0.25) is 0 Å². The molecular weight excluding hydrogens is 358 g/mol. The van der Waals surface area contributed by atoms with Crippen LogP contribution in [0.1, 0.15) is 36.8 Å². The first-order chi connectivity index (χ1) is 13.6. The van der Waals surface area contributed by atoms with Gasteiger partial charge in [-0.2, -0.15) is 0 Å². The molecule has 1 N–H and O–H groups in total. The number of oxazole rings is 1. The van der Waals surface area contributed by atoms with Gasteiger partial charge in [0, 0.05) is 17.8 Å². The molecule has 1 aromatic carbocycles. The fourth-order valence-electron chi connectivity index (χ4n) is 2.57. The topological polar surface area (TPSA) is 86.5 Å². The summed E-state index contributed by atoms with van der Waals surface area (Å²) in [5, 5.41) is 2.84. The maximum Gasteiger partial charge on any atom is 0.255 e. The third-order valence-electron chi connectivity index (χ3n) is 3.75. The summed E-state index contributed by atoms with van der Waals surface area (Å²) in [6.07, 6.45) is 3.19. The molecule has 7 heteroatoms. The second-order valence-corrected chi connectivity index (χ2v) is 6.31. The molecule has 0 saturated heterocycles. The van der Waals surface area contributed by atoms with E-state index in [4.69, 9.17) is 13.9 Å². The summed E-state index contributed by atoms with van der Waals surface area (Å²) in [6, 6.07) is 10.7. The van der Waals surface area contributed by atoms with Crippen molar-refractivity contribution < 1.29 is 18.7 Å². The van der Waals surface area contributed by atoms with Crippen molar-refractivity contribution in [1.82, 2.24) is 15.3 Å². The van der Waals surface area contributed by atoms with Gasteiger partial charge in [0.05, 0.1) is 30.5 Å². The molecule has 1 amide bonds. The summed E-state index contributed by atoms with van der Waals surface area (Å²) in [7, 11) is 0. The van der Waals surface area contributed by atoms with E-state index in [0.29, 0.717) is 35.4 Å². The van der Waals surface area contributed by atoms with Crippen LogP contribution in [0.25, 0.3) is 11.5 Å². The van der Waals surface area contributed by atoms with Gasteiger partial charge in [0.2, 0.25) is 11.8 Å². The molecule has 0 unspecified atom stereocenters. The molecule has 0 aliphatic heterocycles. The first-order valence-electron chi connectivity index (χ1n) is 9.14. The van der Waals surface area contributed by atoms with Crippen molar-refractivity contribution in [2.45, 2.75) is 33.4 Å². The first kappa shape index (κ1) is 19.4. The van der Waals surface area contributed by atoms with Gasteiger partial charge >= 0.3 is 0 Å². The number of benzene rings is 1. The zero-order valence-electron chi connectivity index (χ0n) is 16.1. The third kappa shape index (κ3) is 4.88. The summed E-state index contributed by atoms with van der Waals surface area (Å²) in [5.41, 5.74) is 1.85. The van der Waals surface area contributed by atoms with E-state index in [2.05, 4.69) is 15.3 Å². The Morgan fingerprint density at radius 1 is 1.25 bits per heavy atom. The first-order valence-corrected chi connectivity index (χ1v) is 9.14. The zero-order chi connectivity index (χ0) is 19.9. The number of ether oxygens (including phenoxy) is 2. The van der Waals surface area contributed by atoms with Gasteiger partial charge in [-0.3, -0.25) is 4.79 Å². The number of nitrogens with one attached hydrogen (secondary N) is 1. The Balaban J connectivity index is 1.66. The number of nitrogens with zero attached hydrogens (tertiary/aromatic N) is 2. The van der Waals surface area contributed by atoms with Crippen molar-refractivity contribution in [3.63, 3.8) is 0 Å². The lowest BCUT2D eigenvalue weighted by atomic mass is 10.2. The monoisotopic (exact) mass is 381 g/mol.